The maximum atomic E-state index is 12.3. The number of carbonyl (C=O) groups is 1. The Hall–Kier alpha value is -1.29. The summed E-state index contributed by atoms with van der Waals surface area (Å²) in [5.74, 6) is 0.542. The van der Waals surface area contributed by atoms with Crippen LogP contribution in [0.2, 0.25) is 0 Å². The maximum absolute atomic E-state index is 12.3. The summed E-state index contributed by atoms with van der Waals surface area (Å²) in [5.41, 5.74) is 7.66. The molecule has 1 aromatic rings. The Morgan fingerprint density at radius 3 is 2.63 bits per heavy atom. The van der Waals surface area contributed by atoms with Gasteiger partial charge in [-0.1, -0.05) is 19.3 Å². The molecule has 1 aromatic heterocycles. The molecule has 0 spiro atoms. The van der Waals surface area contributed by atoms with Gasteiger partial charge in [0.15, 0.2) is 0 Å². The van der Waals surface area contributed by atoms with Gasteiger partial charge >= 0.3 is 0 Å². The number of rotatable bonds is 4. The van der Waals surface area contributed by atoms with Gasteiger partial charge in [-0.2, -0.15) is 0 Å². The molecule has 1 heterocycles. The highest BCUT2D eigenvalue weighted by molar-refractivity contribution is 5.93. The van der Waals surface area contributed by atoms with Gasteiger partial charge in [-0.05, 0) is 37.8 Å². The highest BCUT2D eigenvalue weighted by Gasteiger charge is 2.25. The molecule has 0 aromatic carbocycles. The second-order valence-corrected chi connectivity index (χ2v) is 5.63. The van der Waals surface area contributed by atoms with E-state index in [0.29, 0.717) is 18.2 Å². The van der Waals surface area contributed by atoms with Crippen molar-refractivity contribution < 1.29 is 4.79 Å². The zero-order chi connectivity index (χ0) is 13.8. The highest BCUT2D eigenvalue weighted by Crippen LogP contribution is 2.26. The number of carbonyl (C=O) groups excluding carboxylic acids is 1. The highest BCUT2D eigenvalue weighted by atomic mass is 16.2. The normalized spacial score (nSPS) is 18.3. The van der Waals surface area contributed by atoms with Gasteiger partial charge < -0.3 is 15.6 Å². The fourth-order valence-electron chi connectivity index (χ4n) is 2.99. The second-order valence-electron chi connectivity index (χ2n) is 5.63. The van der Waals surface area contributed by atoms with Crippen LogP contribution in [0.15, 0.2) is 12.1 Å². The van der Waals surface area contributed by atoms with E-state index in [-0.39, 0.29) is 11.9 Å². The number of nitrogens with zero attached hydrogens (tertiary/aromatic N) is 1. The standard InChI is InChI=1S/C15H25N3O/c1-11-8-9-14(18(11)2)15(19)17-13(10-16)12-6-4-3-5-7-12/h8-9,12-13H,3-7,10,16H2,1-2H3,(H,17,19). The Morgan fingerprint density at radius 1 is 1.42 bits per heavy atom. The summed E-state index contributed by atoms with van der Waals surface area (Å²) >= 11 is 0. The number of amides is 1. The largest absolute Gasteiger partial charge is 0.346 e. The SMILES string of the molecule is Cc1ccc(C(=O)NC(CN)C2CCCCC2)n1C. The number of hydrogen-bond donors (Lipinski definition) is 2. The van der Waals surface area contributed by atoms with Crippen LogP contribution >= 0.6 is 0 Å². The van der Waals surface area contributed by atoms with Crippen LogP contribution in [-0.2, 0) is 7.05 Å². The molecule has 0 saturated heterocycles. The van der Waals surface area contributed by atoms with Crippen molar-refractivity contribution in [1.29, 1.82) is 0 Å². The van der Waals surface area contributed by atoms with Gasteiger partial charge in [-0.25, -0.2) is 0 Å². The van der Waals surface area contributed by atoms with Crippen molar-refractivity contribution in [2.45, 2.75) is 45.1 Å². The molecule has 3 N–H and O–H groups in total. The zero-order valence-corrected chi connectivity index (χ0v) is 12.0. The monoisotopic (exact) mass is 263 g/mol. The van der Waals surface area contributed by atoms with E-state index >= 15 is 0 Å². The van der Waals surface area contributed by atoms with E-state index in [1.807, 2.05) is 30.7 Å². The Balaban J connectivity index is 2.01. The molecule has 19 heavy (non-hydrogen) atoms. The van der Waals surface area contributed by atoms with Crippen molar-refractivity contribution in [3.63, 3.8) is 0 Å². The van der Waals surface area contributed by atoms with E-state index in [2.05, 4.69) is 5.32 Å². The third kappa shape index (κ3) is 3.18. The van der Waals surface area contributed by atoms with Crippen LogP contribution in [0.4, 0.5) is 0 Å². The predicted octanol–water partition coefficient (Wildman–Crippen LogP) is 1.97. The number of aromatic nitrogens is 1. The zero-order valence-electron chi connectivity index (χ0n) is 12.0. The van der Waals surface area contributed by atoms with Gasteiger partial charge in [0.1, 0.15) is 5.69 Å². The summed E-state index contributed by atoms with van der Waals surface area (Å²) < 4.78 is 1.92. The van der Waals surface area contributed by atoms with Crippen LogP contribution in [0.3, 0.4) is 0 Å². The van der Waals surface area contributed by atoms with E-state index < -0.39 is 0 Å². The molecule has 1 fully saturated rings. The van der Waals surface area contributed by atoms with E-state index in [1.54, 1.807) is 0 Å². The molecule has 1 unspecified atom stereocenters. The molecular formula is C15H25N3O. The fourth-order valence-corrected chi connectivity index (χ4v) is 2.99. The summed E-state index contributed by atoms with van der Waals surface area (Å²) in [6.07, 6.45) is 6.22. The van der Waals surface area contributed by atoms with Gasteiger partial charge in [-0.3, -0.25) is 4.79 Å². The smallest absolute Gasteiger partial charge is 0.268 e. The van der Waals surface area contributed by atoms with Crippen molar-refractivity contribution in [3.05, 3.63) is 23.5 Å². The lowest BCUT2D eigenvalue weighted by Crippen LogP contribution is -2.46. The molecule has 2 rings (SSSR count). The molecule has 1 atom stereocenters. The van der Waals surface area contributed by atoms with Crippen molar-refractivity contribution in [3.8, 4) is 0 Å². The minimum Gasteiger partial charge on any atom is -0.346 e. The van der Waals surface area contributed by atoms with Crippen molar-refractivity contribution in [2.24, 2.45) is 18.7 Å². The first-order chi connectivity index (χ1) is 9.13. The molecule has 0 bridgehead atoms. The van der Waals surface area contributed by atoms with E-state index in [1.165, 1.54) is 32.1 Å². The third-order valence-corrected chi connectivity index (χ3v) is 4.39. The van der Waals surface area contributed by atoms with Crippen LogP contribution in [-0.4, -0.2) is 23.1 Å². The molecule has 0 radical (unpaired) electrons. The summed E-state index contributed by atoms with van der Waals surface area (Å²) in [6.45, 7) is 2.53. The molecule has 1 saturated carbocycles. The summed E-state index contributed by atoms with van der Waals surface area (Å²) in [5, 5.41) is 3.12. The van der Waals surface area contributed by atoms with Gasteiger partial charge in [0, 0.05) is 25.3 Å². The first kappa shape index (κ1) is 14.1. The topological polar surface area (TPSA) is 60.1 Å². The van der Waals surface area contributed by atoms with Gasteiger partial charge in [0.2, 0.25) is 0 Å². The molecule has 4 heteroatoms. The lowest BCUT2D eigenvalue weighted by atomic mass is 9.84. The minimum absolute atomic E-state index is 0.00313. The third-order valence-electron chi connectivity index (χ3n) is 4.39. The van der Waals surface area contributed by atoms with Crippen LogP contribution in [0.25, 0.3) is 0 Å². The number of nitrogens with two attached hydrogens (primary N) is 1. The number of aryl methyl sites for hydroxylation is 1. The minimum atomic E-state index is -0.00313. The molecule has 4 nitrogen and oxygen atoms in total. The lowest BCUT2D eigenvalue weighted by Gasteiger charge is -2.30. The Labute approximate surface area is 115 Å². The van der Waals surface area contributed by atoms with Gasteiger partial charge in [0.25, 0.3) is 5.91 Å². The van der Waals surface area contributed by atoms with Gasteiger partial charge in [-0.15, -0.1) is 0 Å². The van der Waals surface area contributed by atoms with Crippen LogP contribution in [0, 0.1) is 12.8 Å². The second kappa shape index (κ2) is 6.24. The Morgan fingerprint density at radius 2 is 2.11 bits per heavy atom. The van der Waals surface area contributed by atoms with Gasteiger partial charge in [0.05, 0.1) is 0 Å². The van der Waals surface area contributed by atoms with E-state index in [9.17, 15) is 4.79 Å². The fraction of sp³-hybridized carbons (Fsp3) is 0.667. The lowest BCUT2D eigenvalue weighted by molar-refractivity contribution is 0.0907. The van der Waals surface area contributed by atoms with Crippen LogP contribution in [0.1, 0.15) is 48.3 Å². The predicted molar refractivity (Wildman–Crippen MR) is 77.0 cm³/mol. The molecule has 0 aliphatic heterocycles. The number of nitrogens with one attached hydrogen (secondary N) is 1. The molecule has 1 aliphatic carbocycles. The molecular weight excluding hydrogens is 238 g/mol. The first-order valence-corrected chi connectivity index (χ1v) is 7.26. The summed E-state index contributed by atoms with van der Waals surface area (Å²) in [6, 6.07) is 3.95. The first-order valence-electron chi connectivity index (χ1n) is 7.26. The maximum Gasteiger partial charge on any atom is 0.268 e. The summed E-state index contributed by atoms with van der Waals surface area (Å²) in [4.78, 5) is 12.3. The molecule has 1 aliphatic rings. The molecule has 1 amide bonds. The Bertz CT molecular complexity index is 433. The average Bonchev–Trinajstić information content (AvgIpc) is 2.77. The quantitative estimate of drug-likeness (QED) is 0.872. The van der Waals surface area contributed by atoms with Crippen molar-refractivity contribution in [1.82, 2.24) is 9.88 Å². The van der Waals surface area contributed by atoms with E-state index in [4.69, 9.17) is 5.73 Å². The Kier molecular flexibility index (Phi) is 4.64. The number of hydrogen-bond acceptors (Lipinski definition) is 2. The summed E-state index contributed by atoms with van der Waals surface area (Å²) in [7, 11) is 1.92. The van der Waals surface area contributed by atoms with Crippen molar-refractivity contribution in [2.75, 3.05) is 6.54 Å². The van der Waals surface area contributed by atoms with Crippen LogP contribution in [0.5, 0.6) is 0 Å². The molecule has 106 valence electrons. The van der Waals surface area contributed by atoms with Crippen LogP contribution < -0.4 is 11.1 Å². The van der Waals surface area contributed by atoms with E-state index in [0.717, 1.165) is 5.69 Å². The van der Waals surface area contributed by atoms with Crippen molar-refractivity contribution >= 4 is 5.91 Å². The average molecular weight is 263 g/mol.